The van der Waals surface area contributed by atoms with Gasteiger partial charge in [-0.15, -0.1) is 0 Å². The Morgan fingerprint density at radius 2 is 1.90 bits per heavy atom. The van der Waals surface area contributed by atoms with Crippen LogP contribution in [0.2, 0.25) is 0 Å². The Kier molecular flexibility index (Phi) is 6.37. The molecule has 0 saturated heterocycles. The van der Waals surface area contributed by atoms with Crippen LogP contribution in [0.15, 0.2) is 52.6 Å². The molecule has 2 aromatic rings. The predicted molar refractivity (Wildman–Crippen MR) is 113 cm³/mol. The number of furan rings is 1. The van der Waals surface area contributed by atoms with Crippen LogP contribution in [0.3, 0.4) is 0 Å². The van der Waals surface area contributed by atoms with Crippen LogP contribution >= 0.6 is 0 Å². The van der Waals surface area contributed by atoms with Gasteiger partial charge in [0.2, 0.25) is 5.76 Å². The van der Waals surface area contributed by atoms with Crippen molar-refractivity contribution >= 4 is 5.57 Å². The molecule has 1 aromatic carbocycles. The van der Waals surface area contributed by atoms with Crippen molar-refractivity contribution in [3.05, 3.63) is 76.6 Å². The van der Waals surface area contributed by atoms with Crippen LogP contribution in [-0.4, -0.2) is 6.54 Å². The van der Waals surface area contributed by atoms with E-state index < -0.39 is 11.9 Å². The maximum Gasteiger partial charge on any atom is 0.450 e. The largest absolute Gasteiger partial charge is 0.456 e. The van der Waals surface area contributed by atoms with E-state index in [-0.39, 0.29) is 28.5 Å². The second-order valence-electron chi connectivity index (χ2n) is 9.01. The van der Waals surface area contributed by atoms with Gasteiger partial charge in [-0.2, -0.15) is 13.2 Å². The van der Waals surface area contributed by atoms with E-state index in [0.29, 0.717) is 30.7 Å². The van der Waals surface area contributed by atoms with Gasteiger partial charge in [-0.1, -0.05) is 38.1 Å². The van der Waals surface area contributed by atoms with Crippen LogP contribution in [0.1, 0.15) is 49.8 Å². The summed E-state index contributed by atoms with van der Waals surface area (Å²) in [6, 6.07) is 7.74. The minimum atomic E-state index is -4.64. The van der Waals surface area contributed by atoms with E-state index in [4.69, 9.17) is 4.42 Å². The first-order valence-corrected chi connectivity index (χ1v) is 10.2. The van der Waals surface area contributed by atoms with Gasteiger partial charge in [0.15, 0.2) is 0 Å². The molecule has 1 atom stereocenters. The zero-order valence-electron chi connectivity index (χ0n) is 18.2. The van der Waals surface area contributed by atoms with Gasteiger partial charge in [-0.3, -0.25) is 0 Å². The van der Waals surface area contributed by atoms with Crippen LogP contribution < -0.4 is 10.9 Å². The minimum Gasteiger partial charge on any atom is -0.456 e. The Hall–Kier alpha value is -2.54. The van der Waals surface area contributed by atoms with Crippen molar-refractivity contribution in [2.75, 3.05) is 6.54 Å². The molecule has 0 amide bonds. The number of benzene rings is 1. The molecule has 3 rings (SSSR count). The summed E-state index contributed by atoms with van der Waals surface area (Å²) in [6.07, 6.45) is -3.44. The Morgan fingerprint density at radius 3 is 2.55 bits per heavy atom. The lowest BCUT2D eigenvalue weighted by Crippen LogP contribution is -2.38. The number of hydrazine groups is 1. The van der Waals surface area contributed by atoms with Crippen molar-refractivity contribution in [3.63, 3.8) is 0 Å². The third kappa shape index (κ3) is 5.39. The zero-order chi connectivity index (χ0) is 23.0. The number of hydrogen-bond acceptors (Lipinski definition) is 3. The van der Waals surface area contributed by atoms with Crippen molar-refractivity contribution in [1.82, 2.24) is 10.9 Å². The van der Waals surface area contributed by atoms with Crippen molar-refractivity contribution in [2.24, 2.45) is 11.3 Å². The highest BCUT2D eigenvalue weighted by atomic mass is 19.4. The molecule has 1 unspecified atom stereocenters. The second-order valence-corrected chi connectivity index (χ2v) is 9.01. The van der Waals surface area contributed by atoms with E-state index in [2.05, 4.69) is 31.3 Å². The second kappa shape index (κ2) is 8.54. The lowest BCUT2D eigenvalue weighted by Gasteiger charge is -2.30. The lowest BCUT2D eigenvalue weighted by atomic mass is 9.76. The number of nitrogens with one attached hydrogen (secondary N) is 2. The molecule has 7 heteroatoms. The Bertz CT molecular complexity index is 1000. The first-order chi connectivity index (χ1) is 14.4. The monoisotopic (exact) mass is 436 g/mol. The average molecular weight is 436 g/mol. The molecule has 2 heterocycles. The molecule has 0 aliphatic carbocycles. The molecule has 1 aliphatic heterocycles. The number of hydrogen-bond donors (Lipinski definition) is 2. The van der Waals surface area contributed by atoms with E-state index in [1.165, 1.54) is 25.1 Å². The molecule has 0 bridgehead atoms. The van der Waals surface area contributed by atoms with Gasteiger partial charge >= 0.3 is 6.18 Å². The smallest absolute Gasteiger partial charge is 0.450 e. The van der Waals surface area contributed by atoms with Gasteiger partial charge in [0, 0.05) is 23.4 Å². The molecule has 0 radical (unpaired) electrons. The van der Waals surface area contributed by atoms with E-state index in [0.717, 1.165) is 11.1 Å². The zero-order valence-corrected chi connectivity index (χ0v) is 18.2. The molecule has 168 valence electrons. The molecule has 0 fully saturated rings. The fourth-order valence-corrected chi connectivity index (χ4v) is 4.25. The average Bonchev–Trinajstić information content (AvgIpc) is 3.03. The van der Waals surface area contributed by atoms with Crippen LogP contribution in [0.5, 0.6) is 0 Å². The van der Waals surface area contributed by atoms with Crippen molar-refractivity contribution in [3.8, 4) is 0 Å². The quantitative estimate of drug-likeness (QED) is 0.546. The Balaban J connectivity index is 2.18. The first-order valence-electron chi connectivity index (χ1n) is 10.2. The van der Waals surface area contributed by atoms with E-state index in [1.807, 2.05) is 13.0 Å². The molecule has 1 aliphatic rings. The summed E-state index contributed by atoms with van der Waals surface area (Å²) in [5.74, 6) is -1.32. The van der Waals surface area contributed by atoms with Gasteiger partial charge in [0.1, 0.15) is 11.6 Å². The number of aryl methyl sites for hydroxylation is 1. The van der Waals surface area contributed by atoms with Gasteiger partial charge < -0.3 is 9.84 Å². The molecule has 3 nitrogen and oxygen atoms in total. The third-order valence-electron chi connectivity index (χ3n) is 5.67. The van der Waals surface area contributed by atoms with E-state index in [9.17, 15) is 17.6 Å². The molecule has 2 N–H and O–H groups in total. The highest BCUT2D eigenvalue weighted by Crippen LogP contribution is 2.43. The summed E-state index contributed by atoms with van der Waals surface area (Å²) in [4.78, 5) is 0. The van der Waals surface area contributed by atoms with Crippen molar-refractivity contribution in [2.45, 2.75) is 46.7 Å². The molecular formula is C24H28F4N2O. The molecule has 0 spiro atoms. The number of rotatable bonds is 3. The maximum absolute atomic E-state index is 13.8. The number of halogens is 4. The third-order valence-corrected chi connectivity index (χ3v) is 5.67. The normalized spacial score (nSPS) is 22.5. The summed E-state index contributed by atoms with van der Waals surface area (Å²) in [5.41, 5.74) is 8.12. The van der Waals surface area contributed by atoms with Crippen LogP contribution in [0, 0.1) is 24.1 Å². The van der Waals surface area contributed by atoms with Crippen LogP contribution in [0.4, 0.5) is 17.6 Å². The number of alkyl halides is 3. The lowest BCUT2D eigenvalue weighted by molar-refractivity contribution is -0.153. The fourth-order valence-electron chi connectivity index (χ4n) is 4.25. The Morgan fingerprint density at radius 1 is 1.19 bits per heavy atom. The maximum atomic E-state index is 13.8. The van der Waals surface area contributed by atoms with Gasteiger partial charge in [-0.05, 0) is 61.8 Å². The predicted octanol–water partition coefficient (Wildman–Crippen LogP) is 6.42. The fraction of sp³-hybridized carbons (Fsp3) is 0.417. The van der Waals surface area contributed by atoms with Crippen molar-refractivity contribution in [1.29, 1.82) is 0 Å². The SMILES string of the molecule is C=C1NNCC(C)(C)CC(Cc2cccc(F)c2)/C(C)=C\1c1cc(C)oc1C(F)(F)F. The molecule has 0 saturated carbocycles. The van der Waals surface area contributed by atoms with Crippen LogP contribution in [0.25, 0.3) is 5.57 Å². The molecular weight excluding hydrogens is 408 g/mol. The molecule has 31 heavy (non-hydrogen) atoms. The summed E-state index contributed by atoms with van der Waals surface area (Å²) in [6.45, 7) is 12.1. The van der Waals surface area contributed by atoms with Crippen molar-refractivity contribution < 1.29 is 22.0 Å². The van der Waals surface area contributed by atoms with E-state index >= 15 is 0 Å². The summed E-state index contributed by atoms with van der Waals surface area (Å²) in [5, 5.41) is 0. The van der Waals surface area contributed by atoms with Gasteiger partial charge in [-0.25, -0.2) is 9.82 Å². The first kappa shape index (κ1) is 23.1. The highest BCUT2D eigenvalue weighted by Gasteiger charge is 2.40. The van der Waals surface area contributed by atoms with Gasteiger partial charge in [0.05, 0.1) is 0 Å². The highest BCUT2D eigenvalue weighted by molar-refractivity contribution is 5.82. The molecule has 1 aromatic heterocycles. The standard InChI is InChI=1S/C24H28F4N2O/c1-14-9-20(22(31-14)24(26,27)28)21-15(2)18(10-17-7-6-8-19(25)11-17)12-23(4,5)13-29-30-16(21)3/h6-9,11,18,29-30H,3,10,12-13H2,1-2,4-5H3/b21-15+. The summed E-state index contributed by atoms with van der Waals surface area (Å²) in [7, 11) is 0. The number of allylic oxidation sites excluding steroid dienone is 2. The Labute approximate surface area is 180 Å². The van der Waals surface area contributed by atoms with Crippen LogP contribution in [-0.2, 0) is 12.6 Å². The summed E-state index contributed by atoms with van der Waals surface area (Å²) < 4.78 is 60.0. The van der Waals surface area contributed by atoms with Gasteiger partial charge in [0.25, 0.3) is 0 Å². The summed E-state index contributed by atoms with van der Waals surface area (Å²) >= 11 is 0. The topological polar surface area (TPSA) is 37.2 Å². The van der Waals surface area contributed by atoms with E-state index in [1.54, 1.807) is 6.07 Å². The minimum absolute atomic E-state index is 0.0363.